The van der Waals surface area contributed by atoms with Gasteiger partial charge in [-0.2, -0.15) is 0 Å². The number of thiophene rings is 1. The molecule has 1 aromatic heterocycles. The van der Waals surface area contributed by atoms with Crippen LogP contribution in [0.25, 0.3) is 53.9 Å². The van der Waals surface area contributed by atoms with Gasteiger partial charge in [0.2, 0.25) is 0 Å². The number of aromatic hydroxyl groups is 1. The van der Waals surface area contributed by atoms with Crippen molar-refractivity contribution in [2.75, 3.05) is 0 Å². The number of phenols is 1. The third-order valence-corrected chi connectivity index (χ3v) is 6.10. The summed E-state index contributed by atoms with van der Waals surface area (Å²) in [5, 5.41) is 19.0. The van der Waals surface area contributed by atoms with Crippen LogP contribution in [0, 0.1) is 0 Å². The predicted octanol–water partition coefficient (Wildman–Crippen LogP) is 6.56. The summed E-state index contributed by atoms with van der Waals surface area (Å²) in [4.78, 5) is 0. The molecule has 1 N–H and O–H groups in total. The second kappa shape index (κ2) is 4.16. The Kier molecular flexibility index (Phi) is 2.18. The van der Waals surface area contributed by atoms with Gasteiger partial charge in [0.15, 0.2) is 0 Å². The third kappa shape index (κ3) is 1.32. The van der Waals surface area contributed by atoms with Crippen LogP contribution < -0.4 is 0 Å². The Morgan fingerprint density at radius 1 is 0.667 bits per heavy atom. The molecule has 0 fully saturated rings. The van der Waals surface area contributed by atoms with E-state index >= 15 is 0 Å². The van der Waals surface area contributed by atoms with E-state index in [1.807, 2.05) is 12.1 Å². The van der Waals surface area contributed by atoms with Crippen LogP contribution in [0.3, 0.4) is 0 Å². The summed E-state index contributed by atoms with van der Waals surface area (Å²) < 4.78 is 1.31. The first-order valence-electron chi connectivity index (χ1n) is 8.02. The lowest BCUT2D eigenvalue weighted by atomic mass is 9.94. The first-order chi connectivity index (χ1) is 11.8. The lowest BCUT2D eigenvalue weighted by molar-refractivity contribution is 0.478. The smallest absolute Gasteiger partial charge is 0.124 e. The van der Waals surface area contributed by atoms with Crippen molar-refractivity contribution >= 4 is 43.0 Å². The van der Waals surface area contributed by atoms with E-state index in [4.69, 9.17) is 0 Å². The summed E-state index contributed by atoms with van der Waals surface area (Å²) in [6.07, 6.45) is 0. The minimum absolute atomic E-state index is 0.370. The van der Waals surface area contributed by atoms with Crippen molar-refractivity contribution in [3.8, 4) is 28.0 Å². The van der Waals surface area contributed by atoms with Crippen molar-refractivity contribution < 1.29 is 5.11 Å². The lowest BCUT2D eigenvalue weighted by Crippen LogP contribution is -1.83. The number of fused-ring (bicyclic) bond motifs is 8. The van der Waals surface area contributed by atoms with Crippen LogP contribution in [0.2, 0.25) is 0 Å². The molecule has 1 nitrogen and oxygen atoms in total. The van der Waals surface area contributed by atoms with Gasteiger partial charge in [0.05, 0.1) is 0 Å². The highest BCUT2D eigenvalue weighted by atomic mass is 32.1. The van der Waals surface area contributed by atoms with Gasteiger partial charge in [0, 0.05) is 32.2 Å². The van der Waals surface area contributed by atoms with Crippen molar-refractivity contribution in [1.29, 1.82) is 0 Å². The SMILES string of the molecule is Oc1ccc2cccc3c2c1-c1c-3c2sccc2c2ccccc12. The summed E-state index contributed by atoms with van der Waals surface area (Å²) in [7, 11) is 0. The topological polar surface area (TPSA) is 20.2 Å². The molecule has 1 aliphatic rings. The molecule has 0 saturated carbocycles. The van der Waals surface area contributed by atoms with E-state index in [1.165, 1.54) is 48.3 Å². The molecule has 1 heterocycles. The van der Waals surface area contributed by atoms with Crippen LogP contribution in [0.15, 0.2) is 66.0 Å². The minimum Gasteiger partial charge on any atom is -0.507 e. The minimum atomic E-state index is 0.370. The molecule has 6 rings (SSSR count). The zero-order valence-corrected chi connectivity index (χ0v) is 13.5. The van der Waals surface area contributed by atoms with Crippen LogP contribution >= 0.6 is 11.3 Å². The van der Waals surface area contributed by atoms with Crippen molar-refractivity contribution in [1.82, 2.24) is 0 Å². The number of phenolic OH excluding ortho intramolecular Hbond substituents is 1. The second-order valence-electron chi connectivity index (χ2n) is 6.32. The van der Waals surface area contributed by atoms with Gasteiger partial charge in [0.1, 0.15) is 5.75 Å². The predicted molar refractivity (Wildman–Crippen MR) is 103 cm³/mol. The number of hydrogen-bond acceptors (Lipinski definition) is 2. The quantitative estimate of drug-likeness (QED) is 0.335. The van der Waals surface area contributed by atoms with E-state index in [-0.39, 0.29) is 0 Å². The normalized spacial score (nSPS) is 12.3. The Morgan fingerprint density at radius 3 is 2.46 bits per heavy atom. The summed E-state index contributed by atoms with van der Waals surface area (Å²) in [6, 6.07) is 21.0. The van der Waals surface area contributed by atoms with Gasteiger partial charge in [-0.3, -0.25) is 0 Å². The van der Waals surface area contributed by atoms with Gasteiger partial charge in [-0.05, 0) is 39.2 Å². The van der Waals surface area contributed by atoms with Gasteiger partial charge < -0.3 is 5.11 Å². The highest BCUT2D eigenvalue weighted by Crippen LogP contribution is 2.56. The van der Waals surface area contributed by atoms with E-state index in [0.29, 0.717) is 5.75 Å². The van der Waals surface area contributed by atoms with Crippen molar-refractivity contribution in [3.05, 3.63) is 66.0 Å². The Balaban J connectivity index is 2.02. The fraction of sp³-hybridized carbons (Fsp3) is 0. The molecule has 0 spiro atoms. The van der Waals surface area contributed by atoms with Crippen LogP contribution in [0.5, 0.6) is 5.75 Å². The van der Waals surface area contributed by atoms with Crippen molar-refractivity contribution in [2.24, 2.45) is 0 Å². The van der Waals surface area contributed by atoms with Crippen molar-refractivity contribution in [2.45, 2.75) is 0 Å². The maximum absolute atomic E-state index is 10.7. The van der Waals surface area contributed by atoms with E-state index in [0.717, 1.165) is 5.56 Å². The lowest BCUT2D eigenvalue weighted by Gasteiger charge is -2.10. The highest BCUT2D eigenvalue weighted by Gasteiger charge is 2.28. The summed E-state index contributed by atoms with van der Waals surface area (Å²) in [6.45, 7) is 0. The van der Waals surface area contributed by atoms with Gasteiger partial charge >= 0.3 is 0 Å². The zero-order chi connectivity index (χ0) is 15.8. The molecular formula is C22H12OS. The first-order valence-corrected chi connectivity index (χ1v) is 8.90. The molecule has 0 radical (unpaired) electrons. The van der Waals surface area contributed by atoms with E-state index in [2.05, 4.69) is 53.9 Å². The molecule has 0 unspecified atom stereocenters. The van der Waals surface area contributed by atoms with E-state index in [9.17, 15) is 5.11 Å². The van der Waals surface area contributed by atoms with Crippen LogP contribution in [-0.2, 0) is 0 Å². The fourth-order valence-electron chi connectivity index (χ4n) is 4.25. The van der Waals surface area contributed by atoms with Crippen molar-refractivity contribution in [3.63, 3.8) is 0 Å². The molecule has 24 heavy (non-hydrogen) atoms. The molecule has 0 aliphatic heterocycles. The number of benzene rings is 4. The monoisotopic (exact) mass is 324 g/mol. The summed E-state index contributed by atoms with van der Waals surface area (Å²) >= 11 is 1.79. The molecule has 4 aromatic carbocycles. The van der Waals surface area contributed by atoms with E-state index in [1.54, 1.807) is 11.3 Å². The van der Waals surface area contributed by atoms with Gasteiger partial charge in [-0.1, -0.05) is 48.5 Å². The highest BCUT2D eigenvalue weighted by molar-refractivity contribution is 7.18. The largest absolute Gasteiger partial charge is 0.507 e. The fourth-order valence-corrected chi connectivity index (χ4v) is 5.22. The Bertz CT molecular complexity index is 1310. The molecule has 112 valence electrons. The van der Waals surface area contributed by atoms with Gasteiger partial charge in [-0.25, -0.2) is 0 Å². The molecule has 0 atom stereocenters. The molecular weight excluding hydrogens is 312 g/mol. The van der Waals surface area contributed by atoms with Gasteiger partial charge in [-0.15, -0.1) is 11.3 Å². The Labute approximate surface area is 142 Å². The molecule has 0 saturated heterocycles. The summed E-state index contributed by atoms with van der Waals surface area (Å²) in [5.41, 5.74) is 4.70. The maximum atomic E-state index is 10.7. The zero-order valence-electron chi connectivity index (χ0n) is 12.7. The third-order valence-electron chi connectivity index (χ3n) is 5.17. The van der Waals surface area contributed by atoms with Crippen LogP contribution in [0.1, 0.15) is 0 Å². The van der Waals surface area contributed by atoms with Gasteiger partial charge in [0.25, 0.3) is 0 Å². The standard InChI is InChI=1S/C22H12OS/c23-17-9-8-12-4-3-7-16-18(12)21(17)19-14-6-2-1-5-13(14)15-10-11-24-22(15)20(16)19/h1-11,23H. The molecule has 5 aromatic rings. The molecule has 2 heteroatoms. The molecule has 0 amide bonds. The Hall–Kier alpha value is -2.84. The number of hydrogen-bond donors (Lipinski definition) is 1. The van der Waals surface area contributed by atoms with Crippen LogP contribution in [0.4, 0.5) is 0 Å². The average Bonchev–Trinajstić information content (AvgIpc) is 3.22. The Morgan fingerprint density at radius 2 is 1.54 bits per heavy atom. The van der Waals surface area contributed by atoms with E-state index < -0.39 is 0 Å². The number of rotatable bonds is 0. The first kappa shape index (κ1) is 12.6. The summed E-state index contributed by atoms with van der Waals surface area (Å²) in [5.74, 6) is 0.370. The maximum Gasteiger partial charge on any atom is 0.124 e. The second-order valence-corrected chi connectivity index (χ2v) is 7.24. The molecule has 1 aliphatic carbocycles. The van der Waals surface area contributed by atoms with Crippen LogP contribution in [-0.4, -0.2) is 5.11 Å². The average molecular weight is 324 g/mol. The molecule has 0 bridgehead atoms.